The van der Waals surface area contributed by atoms with Crippen LogP contribution >= 0.6 is 0 Å². The monoisotopic (exact) mass is 197 g/mol. The minimum atomic E-state index is -0.616. The summed E-state index contributed by atoms with van der Waals surface area (Å²) in [6.07, 6.45) is -0.434. The number of rotatable bonds is 1. The number of carbonyl (C=O) groups is 2. The first kappa shape index (κ1) is 8.92. The third-order valence-electron chi connectivity index (χ3n) is 2.18. The lowest BCUT2D eigenvalue weighted by Crippen LogP contribution is -2.63. The van der Waals surface area contributed by atoms with Crippen LogP contribution in [0.2, 0.25) is 0 Å². The van der Waals surface area contributed by atoms with Crippen LogP contribution < -0.4 is 10.6 Å². The topological polar surface area (TPSA) is 86.2 Å². The lowest BCUT2D eigenvalue weighted by molar-refractivity contribution is -0.123. The highest BCUT2D eigenvalue weighted by atomic mass is 16.2. The van der Waals surface area contributed by atoms with E-state index in [9.17, 15) is 9.59 Å². The van der Waals surface area contributed by atoms with Gasteiger partial charge in [0.25, 0.3) is 5.91 Å². The first-order valence-corrected chi connectivity index (χ1v) is 4.40. The lowest BCUT2D eigenvalue weighted by Gasteiger charge is -2.31. The third kappa shape index (κ3) is 1.21. The summed E-state index contributed by atoms with van der Waals surface area (Å²) in [5.41, 5.74) is 0. The zero-order valence-electron chi connectivity index (χ0n) is 7.89. The predicted octanol–water partition coefficient (Wildman–Crippen LogP) is -0.388. The van der Waals surface area contributed by atoms with E-state index in [4.69, 9.17) is 0 Å². The first-order chi connectivity index (χ1) is 6.59. The second-order valence-corrected chi connectivity index (χ2v) is 3.53. The number of hydrogen-bond donors (Lipinski definition) is 2. The molecule has 1 saturated heterocycles. The van der Waals surface area contributed by atoms with Gasteiger partial charge in [0.2, 0.25) is 0 Å². The average Bonchev–Trinajstić information content (AvgIpc) is 2.47. The number of carbonyl (C=O) groups excluding carboxylic acids is 2. The van der Waals surface area contributed by atoms with E-state index in [1.54, 1.807) is 5.01 Å². The Morgan fingerprint density at radius 3 is 2.79 bits per heavy atom. The van der Waals surface area contributed by atoms with Crippen molar-refractivity contribution in [2.24, 2.45) is 10.3 Å². The van der Waals surface area contributed by atoms with E-state index < -0.39 is 24.1 Å². The molecule has 0 aliphatic carbocycles. The molecule has 0 aromatic heterocycles. The maximum atomic E-state index is 11.3. The molecule has 2 heterocycles. The number of urea groups is 1. The molecule has 2 rings (SSSR count). The third-order valence-corrected chi connectivity index (χ3v) is 2.18. The van der Waals surface area contributed by atoms with Gasteiger partial charge in [-0.3, -0.25) is 15.1 Å². The van der Waals surface area contributed by atoms with Crippen molar-refractivity contribution in [1.82, 2.24) is 15.6 Å². The highest BCUT2D eigenvalue weighted by Crippen LogP contribution is 2.20. The average molecular weight is 197 g/mol. The first-order valence-electron chi connectivity index (χ1n) is 4.40. The summed E-state index contributed by atoms with van der Waals surface area (Å²) in [6.45, 7) is 3.83. The van der Waals surface area contributed by atoms with Gasteiger partial charge in [0.1, 0.15) is 0 Å². The molecule has 7 nitrogen and oxygen atoms in total. The molecule has 14 heavy (non-hydrogen) atoms. The van der Waals surface area contributed by atoms with Crippen molar-refractivity contribution in [3.05, 3.63) is 0 Å². The molecule has 0 radical (unpaired) electrons. The standard InChI is InChI=1S/C7H11N5O2/c1-3(2)12-5-4(10-11-12)6(13)9-7(14)8-5/h3-5H,1-2H3,(H2,8,9,13,14). The lowest BCUT2D eigenvalue weighted by atomic mass is 10.1. The Morgan fingerprint density at radius 2 is 2.14 bits per heavy atom. The molecule has 7 heteroatoms. The molecule has 0 aromatic carbocycles. The number of amides is 3. The van der Waals surface area contributed by atoms with Gasteiger partial charge in [-0.05, 0) is 13.8 Å². The van der Waals surface area contributed by atoms with Crippen LogP contribution in [-0.4, -0.2) is 35.2 Å². The number of imide groups is 1. The van der Waals surface area contributed by atoms with Crippen molar-refractivity contribution >= 4 is 11.9 Å². The van der Waals surface area contributed by atoms with Gasteiger partial charge in [0, 0.05) is 6.04 Å². The van der Waals surface area contributed by atoms with E-state index in [2.05, 4.69) is 21.0 Å². The molecular weight excluding hydrogens is 186 g/mol. The molecule has 0 bridgehead atoms. The summed E-state index contributed by atoms with van der Waals surface area (Å²) < 4.78 is 0. The molecule has 0 spiro atoms. The molecule has 2 unspecified atom stereocenters. The second kappa shape index (κ2) is 2.93. The van der Waals surface area contributed by atoms with Crippen LogP contribution in [0.5, 0.6) is 0 Å². The maximum absolute atomic E-state index is 11.3. The van der Waals surface area contributed by atoms with Crippen LogP contribution in [0.3, 0.4) is 0 Å². The maximum Gasteiger partial charge on any atom is 0.323 e. The van der Waals surface area contributed by atoms with E-state index in [1.165, 1.54) is 0 Å². The molecule has 76 valence electrons. The fourth-order valence-electron chi connectivity index (χ4n) is 1.50. The Bertz CT molecular complexity index is 313. The number of hydrogen-bond acceptors (Lipinski definition) is 5. The Balaban J connectivity index is 2.20. The minimum Gasteiger partial charge on any atom is -0.313 e. The van der Waals surface area contributed by atoms with E-state index in [0.29, 0.717) is 0 Å². The van der Waals surface area contributed by atoms with Gasteiger partial charge in [-0.1, -0.05) is 5.22 Å². The molecule has 2 aliphatic rings. The van der Waals surface area contributed by atoms with Crippen LogP contribution in [0, 0.1) is 0 Å². The minimum absolute atomic E-state index is 0.0972. The molecule has 0 saturated carbocycles. The fraction of sp³-hybridized carbons (Fsp3) is 0.714. The van der Waals surface area contributed by atoms with Crippen LogP contribution in [0.1, 0.15) is 13.8 Å². The van der Waals surface area contributed by atoms with E-state index in [0.717, 1.165) is 0 Å². The van der Waals surface area contributed by atoms with E-state index >= 15 is 0 Å². The Morgan fingerprint density at radius 1 is 1.43 bits per heavy atom. The fourth-order valence-corrected chi connectivity index (χ4v) is 1.50. The summed E-state index contributed by atoms with van der Waals surface area (Å²) in [5, 5.41) is 14.0. The van der Waals surface area contributed by atoms with Crippen LogP contribution in [0.4, 0.5) is 4.79 Å². The number of nitrogens with zero attached hydrogens (tertiary/aromatic N) is 3. The molecule has 0 aromatic rings. The van der Waals surface area contributed by atoms with Crippen molar-refractivity contribution in [2.45, 2.75) is 32.1 Å². The molecule has 3 amide bonds. The van der Waals surface area contributed by atoms with Gasteiger partial charge < -0.3 is 5.32 Å². The normalized spacial score (nSPS) is 30.4. The molecule has 1 fully saturated rings. The van der Waals surface area contributed by atoms with Crippen molar-refractivity contribution in [3.63, 3.8) is 0 Å². The molecule has 2 aliphatic heterocycles. The second-order valence-electron chi connectivity index (χ2n) is 3.53. The van der Waals surface area contributed by atoms with Gasteiger partial charge in [-0.25, -0.2) is 4.79 Å². The molecule has 2 N–H and O–H groups in total. The zero-order chi connectivity index (χ0) is 10.3. The van der Waals surface area contributed by atoms with Crippen molar-refractivity contribution in [1.29, 1.82) is 0 Å². The van der Waals surface area contributed by atoms with Crippen LogP contribution in [-0.2, 0) is 4.79 Å². The molecule has 2 atom stereocenters. The van der Waals surface area contributed by atoms with Gasteiger partial charge in [-0.2, -0.15) is 5.11 Å². The Kier molecular flexibility index (Phi) is 1.87. The smallest absolute Gasteiger partial charge is 0.313 e. The SMILES string of the molecule is CC(C)N1N=NC2C(=O)NC(=O)NC21. The van der Waals surface area contributed by atoms with E-state index in [-0.39, 0.29) is 6.04 Å². The number of fused-ring (bicyclic) bond motifs is 1. The van der Waals surface area contributed by atoms with Gasteiger partial charge in [0.05, 0.1) is 0 Å². The van der Waals surface area contributed by atoms with Crippen molar-refractivity contribution < 1.29 is 9.59 Å². The van der Waals surface area contributed by atoms with Gasteiger partial charge in [-0.15, -0.1) is 0 Å². The largest absolute Gasteiger partial charge is 0.323 e. The van der Waals surface area contributed by atoms with Gasteiger partial charge in [0.15, 0.2) is 12.2 Å². The highest BCUT2D eigenvalue weighted by molar-refractivity contribution is 6.00. The van der Waals surface area contributed by atoms with E-state index in [1.807, 2.05) is 13.8 Å². The highest BCUT2D eigenvalue weighted by Gasteiger charge is 2.43. The predicted molar refractivity (Wildman–Crippen MR) is 46.1 cm³/mol. The van der Waals surface area contributed by atoms with Crippen LogP contribution in [0.25, 0.3) is 0 Å². The summed E-state index contributed by atoms with van der Waals surface area (Å²) in [7, 11) is 0. The summed E-state index contributed by atoms with van der Waals surface area (Å²) in [6, 6.07) is -1.01. The Labute approximate surface area is 80.5 Å². The Hall–Kier alpha value is -1.66. The summed E-state index contributed by atoms with van der Waals surface area (Å²) >= 11 is 0. The molecular formula is C7H11N5O2. The van der Waals surface area contributed by atoms with Gasteiger partial charge >= 0.3 is 6.03 Å². The summed E-state index contributed by atoms with van der Waals surface area (Å²) in [4.78, 5) is 22.3. The zero-order valence-corrected chi connectivity index (χ0v) is 7.89. The van der Waals surface area contributed by atoms with Crippen molar-refractivity contribution in [2.75, 3.05) is 0 Å². The number of nitrogens with one attached hydrogen (secondary N) is 2. The van der Waals surface area contributed by atoms with Crippen LogP contribution in [0.15, 0.2) is 10.3 Å². The summed E-state index contributed by atoms with van der Waals surface area (Å²) in [5.74, 6) is -0.398. The quantitative estimate of drug-likeness (QED) is 0.600. The van der Waals surface area contributed by atoms with Crippen molar-refractivity contribution in [3.8, 4) is 0 Å².